The topological polar surface area (TPSA) is 81.1 Å². The van der Waals surface area contributed by atoms with Crippen LogP contribution in [-0.4, -0.2) is 65.5 Å². The zero-order valence-corrected chi connectivity index (χ0v) is 27.8. The fourth-order valence-electron chi connectivity index (χ4n) is 3.63. The maximum atomic E-state index is 12.2. The van der Waals surface area contributed by atoms with Crippen LogP contribution in [0.5, 0.6) is 0 Å². The van der Waals surface area contributed by atoms with E-state index in [1.165, 1.54) is 5.56 Å². The summed E-state index contributed by atoms with van der Waals surface area (Å²) in [5.74, 6) is 1.19. The van der Waals surface area contributed by atoms with Crippen LogP contribution in [0.3, 0.4) is 0 Å². The predicted molar refractivity (Wildman–Crippen MR) is 174 cm³/mol. The molecule has 2 N–H and O–H groups in total. The Kier molecular flexibility index (Phi) is 26.5. The van der Waals surface area contributed by atoms with Crippen LogP contribution >= 0.6 is 0 Å². The molecule has 0 saturated carbocycles. The van der Waals surface area contributed by atoms with Crippen molar-refractivity contribution in [2.75, 3.05) is 26.7 Å². The predicted octanol–water partition coefficient (Wildman–Crippen LogP) is 6.68. The van der Waals surface area contributed by atoms with Crippen molar-refractivity contribution in [2.45, 2.75) is 89.5 Å². The molecule has 1 aliphatic rings. The second kappa shape index (κ2) is 25.3. The normalized spacial score (nSPS) is 14.5. The maximum Gasteiger partial charge on any atom is 0.488 e. The Morgan fingerprint density at radius 1 is 0.800 bits per heavy atom. The van der Waals surface area contributed by atoms with Gasteiger partial charge in [-0.2, -0.15) is 0 Å². The Morgan fingerprint density at radius 3 is 1.57 bits per heavy atom. The van der Waals surface area contributed by atoms with Crippen LogP contribution in [0.25, 0.3) is 0 Å². The molecule has 7 heteroatoms. The van der Waals surface area contributed by atoms with Gasteiger partial charge in [0.25, 0.3) is 11.8 Å². The molecule has 0 aliphatic carbocycles. The summed E-state index contributed by atoms with van der Waals surface area (Å²) in [6.07, 6.45) is 0.994. The van der Waals surface area contributed by atoms with Crippen molar-refractivity contribution in [3.05, 3.63) is 65.2 Å². The van der Waals surface area contributed by atoms with Gasteiger partial charge in [0.05, 0.1) is 0 Å². The molecule has 0 spiro atoms. The number of aryl methyl sites for hydroxylation is 1. The Morgan fingerprint density at radius 2 is 1.20 bits per heavy atom. The van der Waals surface area contributed by atoms with Gasteiger partial charge in [-0.05, 0) is 54.9 Å². The third kappa shape index (κ3) is 15.2. The molecular weight excluding hydrogens is 499 g/mol. The van der Waals surface area contributed by atoms with Crippen LogP contribution in [0.4, 0.5) is 0 Å². The third-order valence-electron chi connectivity index (χ3n) is 5.94. The van der Waals surface area contributed by atoms with E-state index in [1.54, 1.807) is 29.2 Å². The highest BCUT2D eigenvalue weighted by Gasteiger charge is 2.29. The van der Waals surface area contributed by atoms with Gasteiger partial charge < -0.3 is 19.8 Å². The summed E-state index contributed by atoms with van der Waals surface area (Å²) in [5, 5.41) is 18.0. The standard InChI is InChI=1S/C13H18BNO3.C12H17NO.4C2H6/c1-9-7-15(8-10(9)2)13(16)11-3-5-12(6-4-11)14(17)18;1-4-9-13(3)12(14)11-7-5-10(2)6-8-11;4*1-2/h3-6,9-10,17-18H,7-8H2,1-2H3;5-8H,4,9H2,1-3H3;4*1-2H3. The number of rotatable bonds is 5. The first kappa shape index (κ1) is 41.8. The molecule has 1 fully saturated rings. The maximum absolute atomic E-state index is 12.2. The van der Waals surface area contributed by atoms with E-state index in [9.17, 15) is 9.59 Å². The first-order valence-electron chi connectivity index (χ1n) is 15.2. The van der Waals surface area contributed by atoms with Crippen molar-refractivity contribution in [1.82, 2.24) is 9.80 Å². The number of nitrogens with zero attached hydrogens (tertiary/aromatic N) is 2. The molecule has 228 valence electrons. The lowest BCUT2D eigenvalue weighted by Gasteiger charge is -2.16. The summed E-state index contributed by atoms with van der Waals surface area (Å²) >= 11 is 0. The second-order valence-electron chi connectivity index (χ2n) is 8.75. The summed E-state index contributed by atoms with van der Waals surface area (Å²) in [7, 11) is 0.354. The Labute approximate surface area is 246 Å². The average Bonchev–Trinajstić information content (AvgIpc) is 3.35. The van der Waals surface area contributed by atoms with E-state index in [4.69, 9.17) is 10.0 Å². The molecule has 1 saturated heterocycles. The molecule has 3 rings (SSSR count). The van der Waals surface area contributed by atoms with Gasteiger partial charge >= 0.3 is 7.12 Å². The highest BCUT2D eigenvalue weighted by atomic mass is 16.4. The number of hydrogen-bond donors (Lipinski definition) is 2. The molecule has 0 aromatic heterocycles. The lowest BCUT2D eigenvalue weighted by molar-refractivity contribution is 0.0781. The summed E-state index contributed by atoms with van der Waals surface area (Å²) in [4.78, 5) is 27.6. The Balaban J connectivity index is -0.000000558. The number of hydrogen-bond acceptors (Lipinski definition) is 4. The fraction of sp³-hybridized carbons (Fsp3) is 0.576. The highest BCUT2D eigenvalue weighted by molar-refractivity contribution is 6.58. The van der Waals surface area contributed by atoms with E-state index in [0.29, 0.717) is 22.9 Å². The molecule has 2 amide bonds. The number of likely N-dealkylation sites (tertiary alicyclic amines) is 1. The summed E-state index contributed by atoms with van der Waals surface area (Å²) in [5.41, 5.74) is 2.95. The van der Waals surface area contributed by atoms with Gasteiger partial charge in [0.2, 0.25) is 0 Å². The van der Waals surface area contributed by atoms with Crippen LogP contribution in [0, 0.1) is 18.8 Å². The Hall–Kier alpha value is -2.64. The molecule has 1 aliphatic heterocycles. The van der Waals surface area contributed by atoms with Gasteiger partial charge in [-0.15, -0.1) is 0 Å². The van der Waals surface area contributed by atoms with Gasteiger partial charge in [-0.25, -0.2) is 0 Å². The minimum Gasteiger partial charge on any atom is -0.423 e. The number of benzene rings is 2. The van der Waals surface area contributed by atoms with Gasteiger partial charge in [-0.1, -0.05) is 106 Å². The van der Waals surface area contributed by atoms with Crippen molar-refractivity contribution in [3.63, 3.8) is 0 Å². The number of carbonyl (C=O) groups is 2. The van der Waals surface area contributed by atoms with E-state index in [1.807, 2.05) is 98.5 Å². The largest absolute Gasteiger partial charge is 0.488 e. The molecule has 2 aromatic carbocycles. The summed E-state index contributed by atoms with van der Waals surface area (Å²) in [6.45, 7) is 26.8. The Bertz CT molecular complexity index is 876. The molecule has 0 radical (unpaired) electrons. The van der Waals surface area contributed by atoms with E-state index in [2.05, 4.69) is 20.8 Å². The third-order valence-corrected chi connectivity index (χ3v) is 5.94. The van der Waals surface area contributed by atoms with Gasteiger partial charge in [0, 0.05) is 37.8 Å². The van der Waals surface area contributed by atoms with Gasteiger partial charge in [-0.3, -0.25) is 9.59 Å². The molecular formula is C33H59BN2O4. The van der Waals surface area contributed by atoms with Crippen LogP contribution < -0.4 is 5.46 Å². The van der Waals surface area contributed by atoms with Crippen molar-refractivity contribution in [2.24, 2.45) is 11.8 Å². The monoisotopic (exact) mass is 558 g/mol. The van der Waals surface area contributed by atoms with E-state index in [0.717, 1.165) is 31.6 Å². The van der Waals surface area contributed by atoms with Crippen LogP contribution in [-0.2, 0) is 0 Å². The van der Waals surface area contributed by atoms with Crippen LogP contribution in [0.1, 0.15) is 109 Å². The minimum atomic E-state index is -1.49. The smallest absolute Gasteiger partial charge is 0.423 e. The molecule has 6 nitrogen and oxygen atoms in total. The zero-order chi connectivity index (χ0) is 31.8. The average molecular weight is 559 g/mol. The molecule has 2 unspecified atom stereocenters. The molecule has 2 atom stereocenters. The SMILES string of the molecule is CC.CC.CC.CC.CC1CN(C(=O)c2ccc(B(O)O)cc2)CC1C.CCCN(C)C(=O)c1ccc(C)cc1. The number of amides is 2. The molecule has 1 heterocycles. The van der Waals surface area contributed by atoms with Crippen LogP contribution in [0.15, 0.2) is 48.5 Å². The van der Waals surface area contributed by atoms with E-state index in [-0.39, 0.29) is 11.8 Å². The zero-order valence-electron chi connectivity index (χ0n) is 27.8. The quantitative estimate of drug-likeness (QED) is 0.402. The minimum absolute atomic E-state index is 0.0187. The van der Waals surface area contributed by atoms with E-state index < -0.39 is 7.12 Å². The summed E-state index contributed by atoms with van der Waals surface area (Å²) < 4.78 is 0. The molecule has 0 bridgehead atoms. The van der Waals surface area contributed by atoms with E-state index >= 15 is 0 Å². The van der Waals surface area contributed by atoms with Gasteiger partial charge in [0.15, 0.2) is 0 Å². The van der Waals surface area contributed by atoms with Crippen molar-refractivity contribution in [3.8, 4) is 0 Å². The first-order chi connectivity index (χ1) is 19.1. The van der Waals surface area contributed by atoms with Crippen LogP contribution in [0.2, 0.25) is 0 Å². The van der Waals surface area contributed by atoms with Crippen molar-refractivity contribution < 1.29 is 19.6 Å². The lowest BCUT2D eigenvalue weighted by atomic mass is 9.80. The fourth-order valence-corrected chi connectivity index (χ4v) is 3.63. The molecule has 40 heavy (non-hydrogen) atoms. The summed E-state index contributed by atoms with van der Waals surface area (Å²) in [6, 6.07) is 14.1. The highest BCUT2D eigenvalue weighted by Crippen LogP contribution is 2.23. The van der Waals surface area contributed by atoms with Crippen molar-refractivity contribution >= 4 is 24.4 Å². The lowest BCUT2D eigenvalue weighted by Crippen LogP contribution is -2.31. The number of carbonyl (C=O) groups excluding carboxylic acids is 2. The first-order valence-corrected chi connectivity index (χ1v) is 15.2. The van der Waals surface area contributed by atoms with Crippen molar-refractivity contribution in [1.29, 1.82) is 0 Å². The van der Waals surface area contributed by atoms with Gasteiger partial charge in [0.1, 0.15) is 0 Å². The molecule has 2 aromatic rings. The second-order valence-corrected chi connectivity index (χ2v) is 8.75.